The number of amides is 1. The van der Waals surface area contributed by atoms with Gasteiger partial charge in [-0.25, -0.2) is 9.78 Å². The fourth-order valence-corrected chi connectivity index (χ4v) is 2.23. The van der Waals surface area contributed by atoms with Gasteiger partial charge < -0.3 is 4.74 Å². The van der Waals surface area contributed by atoms with Gasteiger partial charge in [0, 0.05) is 5.38 Å². The summed E-state index contributed by atoms with van der Waals surface area (Å²) in [6, 6.07) is 6.49. The van der Waals surface area contributed by atoms with E-state index in [-0.39, 0.29) is 17.0 Å². The lowest BCUT2D eigenvalue weighted by molar-refractivity contribution is 0.0597. The Morgan fingerprint density at radius 3 is 2.53 bits per heavy atom. The largest absolute Gasteiger partial charge is 0.465 e. The second-order valence-electron chi connectivity index (χ2n) is 3.79. The van der Waals surface area contributed by atoms with E-state index in [1.165, 1.54) is 18.4 Å². The first-order valence-corrected chi connectivity index (χ1v) is 6.40. The molecule has 0 aliphatic heterocycles. The minimum absolute atomic E-state index is 0.232. The van der Waals surface area contributed by atoms with Crippen LogP contribution in [0.3, 0.4) is 0 Å². The average molecular weight is 276 g/mol. The molecule has 0 fully saturated rings. The third-order valence-electron chi connectivity index (χ3n) is 2.42. The van der Waals surface area contributed by atoms with Crippen molar-refractivity contribution in [2.45, 2.75) is 6.92 Å². The Balaban J connectivity index is 2.26. The lowest BCUT2D eigenvalue weighted by Crippen LogP contribution is -2.17. The van der Waals surface area contributed by atoms with Gasteiger partial charge in [-0.15, -0.1) is 11.3 Å². The van der Waals surface area contributed by atoms with Crippen molar-refractivity contribution >= 4 is 28.3 Å². The van der Waals surface area contributed by atoms with Crippen LogP contribution < -0.4 is 5.32 Å². The van der Waals surface area contributed by atoms with Gasteiger partial charge in [0.1, 0.15) is 0 Å². The van der Waals surface area contributed by atoms with Gasteiger partial charge in [0.05, 0.1) is 23.9 Å². The van der Waals surface area contributed by atoms with Crippen molar-refractivity contribution in [3.05, 3.63) is 46.5 Å². The van der Waals surface area contributed by atoms with Crippen LogP contribution in [0.15, 0.2) is 29.6 Å². The fourth-order valence-electron chi connectivity index (χ4n) is 1.54. The molecule has 0 aliphatic carbocycles. The predicted octanol–water partition coefficient (Wildman–Crippen LogP) is 2.49. The number of methoxy groups -OCH3 is 1. The second-order valence-corrected chi connectivity index (χ2v) is 4.64. The Kier molecular flexibility index (Phi) is 3.91. The minimum atomic E-state index is -0.541. The third kappa shape index (κ3) is 2.97. The number of hydrogen-bond acceptors (Lipinski definition) is 5. The molecule has 1 aromatic heterocycles. The van der Waals surface area contributed by atoms with Crippen molar-refractivity contribution < 1.29 is 14.3 Å². The number of anilines is 1. The smallest absolute Gasteiger partial charge is 0.338 e. The van der Waals surface area contributed by atoms with Gasteiger partial charge in [0.25, 0.3) is 5.91 Å². The number of aromatic nitrogens is 1. The number of carbonyl (C=O) groups is 2. The molecule has 0 saturated heterocycles. The number of nitrogens with zero attached hydrogens (tertiary/aromatic N) is 1. The summed E-state index contributed by atoms with van der Waals surface area (Å²) in [4.78, 5) is 27.8. The van der Waals surface area contributed by atoms with E-state index >= 15 is 0 Å². The van der Waals surface area contributed by atoms with Gasteiger partial charge in [-0.1, -0.05) is 12.1 Å². The van der Waals surface area contributed by atoms with Crippen molar-refractivity contribution in [2.24, 2.45) is 0 Å². The molecule has 0 aliphatic rings. The van der Waals surface area contributed by atoms with Crippen LogP contribution in [0.2, 0.25) is 0 Å². The van der Waals surface area contributed by atoms with E-state index in [0.717, 1.165) is 5.69 Å². The summed E-state index contributed by atoms with van der Waals surface area (Å²) >= 11 is 1.33. The quantitative estimate of drug-likeness (QED) is 0.874. The maximum absolute atomic E-state index is 12.1. The number of hydrogen-bond donors (Lipinski definition) is 1. The van der Waals surface area contributed by atoms with Crippen molar-refractivity contribution in [2.75, 3.05) is 12.4 Å². The van der Waals surface area contributed by atoms with Crippen LogP contribution in [0.5, 0.6) is 0 Å². The van der Waals surface area contributed by atoms with Gasteiger partial charge in [0.15, 0.2) is 5.13 Å². The van der Waals surface area contributed by atoms with Crippen LogP contribution in [0.1, 0.15) is 26.4 Å². The molecule has 19 heavy (non-hydrogen) atoms. The summed E-state index contributed by atoms with van der Waals surface area (Å²) in [5.74, 6) is -0.920. The van der Waals surface area contributed by atoms with E-state index in [9.17, 15) is 9.59 Å². The Morgan fingerprint density at radius 1 is 1.26 bits per heavy atom. The molecule has 0 spiro atoms. The van der Waals surface area contributed by atoms with E-state index < -0.39 is 5.97 Å². The van der Waals surface area contributed by atoms with Crippen molar-refractivity contribution in [1.82, 2.24) is 4.98 Å². The first-order chi connectivity index (χ1) is 9.11. The number of rotatable bonds is 3. The summed E-state index contributed by atoms with van der Waals surface area (Å²) in [6.07, 6.45) is 0. The highest BCUT2D eigenvalue weighted by molar-refractivity contribution is 7.13. The Labute approximate surface area is 114 Å². The molecule has 0 unspecified atom stereocenters. The molecule has 0 bridgehead atoms. The molecule has 0 radical (unpaired) electrons. The molecular formula is C13H12N2O3S. The summed E-state index contributed by atoms with van der Waals surface area (Å²) in [5, 5.41) is 5.00. The maximum atomic E-state index is 12.1. The number of nitrogens with one attached hydrogen (secondary N) is 1. The van der Waals surface area contributed by atoms with Crippen LogP contribution in [0.4, 0.5) is 5.13 Å². The highest BCUT2D eigenvalue weighted by Gasteiger charge is 2.17. The Bertz CT molecular complexity index is 622. The fraction of sp³-hybridized carbons (Fsp3) is 0.154. The van der Waals surface area contributed by atoms with Crippen LogP contribution in [-0.4, -0.2) is 24.0 Å². The number of benzene rings is 1. The Hall–Kier alpha value is -2.21. The molecule has 1 N–H and O–H groups in total. The zero-order valence-corrected chi connectivity index (χ0v) is 11.3. The first-order valence-electron chi connectivity index (χ1n) is 5.52. The maximum Gasteiger partial charge on any atom is 0.338 e. The molecule has 0 atom stereocenters. The number of ether oxygens (including phenoxy) is 1. The molecule has 1 aromatic carbocycles. The zero-order valence-electron chi connectivity index (χ0n) is 10.5. The van der Waals surface area contributed by atoms with Gasteiger partial charge >= 0.3 is 5.97 Å². The van der Waals surface area contributed by atoms with Crippen LogP contribution in [0, 0.1) is 6.92 Å². The molecule has 6 heteroatoms. The van der Waals surface area contributed by atoms with Crippen LogP contribution in [0.25, 0.3) is 0 Å². The number of thiazole rings is 1. The molecule has 2 rings (SSSR count). The summed E-state index contributed by atoms with van der Waals surface area (Å²) in [5.41, 5.74) is 1.33. The van der Waals surface area contributed by atoms with Gasteiger partial charge in [-0.2, -0.15) is 0 Å². The zero-order chi connectivity index (χ0) is 13.8. The van der Waals surface area contributed by atoms with Crippen LogP contribution in [-0.2, 0) is 4.74 Å². The number of esters is 1. The normalized spacial score (nSPS) is 10.0. The van der Waals surface area contributed by atoms with Crippen molar-refractivity contribution in [1.29, 1.82) is 0 Å². The summed E-state index contributed by atoms with van der Waals surface area (Å²) < 4.78 is 4.65. The topological polar surface area (TPSA) is 68.3 Å². The van der Waals surface area contributed by atoms with Crippen molar-refractivity contribution in [3.8, 4) is 0 Å². The Morgan fingerprint density at radius 2 is 1.95 bits per heavy atom. The molecule has 98 valence electrons. The van der Waals surface area contributed by atoms with E-state index in [1.54, 1.807) is 24.3 Å². The highest BCUT2D eigenvalue weighted by atomic mass is 32.1. The lowest BCUT2D eigenvalue weighted by Gasteiger charge is -2.06. The van der Waals surface area contributed by atoms with Crippen molar-refractivity contribution in [3.63, 3.8) is 0 Å². The van der Waals surface area contributed by atoms with E-state index in [1.807, 2.05) is 12.3 Å². The van der Waals surface area contributed by atoms with E-state index in [4.69, 9.17) is 0 Å². The van der Waals surface area contributed by atoms with Gasteiger partial charge in [-0.05, 0) is 19.1 Å². The number of aryl methyl sites for hydroxylation is 1. The lowest BCUT2D eigenvalue weighted by atomic mass is 10.1. The molecule has 1 heterocycles. The molecule has 1 amide bonds. The van der Waals surface area contributed by atoms with Gasteiger partial charge in [-0.3, -0.25) is 10.1 Å². The van der Waals surface area contributed by atoms with Crippen LogP contribution >= 0.6 is 11.3 Å². The standard InChI is InChI=1S/C13H12N2O3S/c1-8-7-19-13(14-8)15-11(16)9-5-3-4-6-10(9)12(17)18-2/h3-7H,1-2H3,(H,14,15,16). The van der Waals surface area contributed by atoms with E-state index in [0.29, 0.717) is 5.13 Å². The van der Waals surface area contributed by atoms with Gasteiger partial charge in [0.2, 0.25) is 0 Å². The predicted molar refractivity (Wildman–Crippen MR) is 72.6 cm³/mol. The highest BCUT2D eigenvalue weighted by Crippen LogP contribution is 2.17. The minimum Gasteiger partial charge on any atom is -0.465 e. The number of carbonyl (C=O) groups excluding carboxylic acids is 2. The SMILES string of the molecule is COC(=O)c1ccccc1C(=O)Nc1nc(C)cs1. The molecule has 2 aromatic rings. The van der Waals surface area contributed by atoms with E-state index in [2.05, 4.69) is 15.0 Å². The average Bonchev–Trinajstić information content (AvgIpc) is 2.83. The monoisotopic (exact) mass is 276 g/mol. The molecular weight excluding hydrogens is 264 g/mol. The summed E-state index contributed by atoms with van der Waals surface area (Å²) in [7, 11) is 1.28. The summed E-state index contributed by atoms with van der Waals surface area (Å²) in [6.45, 7) is 1.84. The second kappa shape index (κ2) is 5.62. The molecule has 5 nitrogen and oxygen atoms in total. The third-order valence-corrected chi connectivity index (χ3v) is 3.29. The first kappa shape index (κ1) is 13.2. The molecule has 0 saturated carbocycles.